The molecule has 3 fully saturated rings. The number of hydrogen-bond acceptors (Lipinski definition) is 5. The lowest BCUT2D eigenvalue weighted by atomic mass is 9.56. The number of imide groups is 2. The number of likely N-dealkylation sites (tertiary alicyclic amines) is 1. The predicted octanol–water partition coefficient (Wildman–Crippen LogP) is 4.88. The maximum Gasteiger partial charge on any atom is 0.253 e. The molecule has 2 aromatic rings. The first kappa shape index (κ1) is 26.1. The third-order valence-corrected chi connectivity index (χ3v) is 10.4. The third-order valence-electron chi connectivity index (χ3n) is 8.70. The van der Waals surface area contributed by atoms with E-state index in [2.05, 4.69) is 6.58 Å². The molecule has 0 bridgehead atoms. The maximum atomic E-state index is 14.0. The summed E-state index contributed by atoms with van der Waals surface area (Å²) in [6, 6.07) is 11.3. The average Bonchev–Trinajstić information content (AvgIpc) is 3.25. The number of fused-ring (bicyclic) bond motifs is 4. The number of amides is 4. The molecule has 2 aromatic carbocycles. The molecule has 7 nitrogen and oxygen atoms in total. The number of carbonyl (C=O) groups is 4. The number of rotatable bonds is 3. The van der Waals surface area contributed by atoms with E-state index in [0.717, 1.165) is 10.5 Å². The fraction of sp³-hybridized carbons (Fsp3) is 0.310. The highest BCUT2D eigenvalue weighted by Gasteiger charge is 2.76. The first-order chi connectivity index (χ1) is 18.5. The van der Waals surface area contributed by atoms with Crippen LogP contribution in [0.2, 0.25) is 5.02 Å². The molecular formula is C29H23Cl3N2O5. The van der Waals surface area contributed by atoms with Crippen molar-refractivity contribution in [2.24, 2.45) is 17.8 Å². The van der Waals surface area contributed by atoms with E-state index in [1.807, 2.05) is 6.08 Å². The van der Waals surface area contributed by atoms with Gasteiger partial charge in [0.1, 0.15) is 5.75 Å². The smallest absolute Gasteiger partial charge is 0.253 e. The van der Waals surface area contributed by atoms with Crippen LogP contribution in [0.15, 0.2) is 60.7 Å². The summed E-state index contributed by atoms with van der Waals surface area (Å²) in [7, 11) is 1.31. The normalized spacial score (nSPS) is 33.6. The molecule has 2 aliphatic heterocycles. The molecule has 1 N–H and O–H groups in total. The highest BCUT2D eigenvalue weighted by molar-refractivity contribution is 6.53. The van der Waals surface area contributed by atoms with Crippen molar-refractivity contribution in [2.75, 3.05) is 11.9 Å². The van der Waals surface area contributed by atoms with Crippen molar-refractivity contribution in [3.05, 3.63) is 76.8 Å². The van der Waals surface area contributed by atoms with Gasteiger partial charge in [-0.15, -0.1) is 23.2 Å². The largest absolute Gasteiger partial charge is 0.508 e. The van der Waals surface area contributed by atoms with Crippen molar-refractivity contribution in [1.29, 1.82) is 0 Å². The van der Waals surface area contributed by atoms with Crippen LogP contribution in [0, 0.1) is 17.8 Å². The first-order valence-corrected chi connectivity index (χ1v) is 13.6. The van der Waals surface area contributed by atoms with E-state index in [1.165, 1.54) is 30.1 Å². The Hall–Kier alpha value is -3.13. The molecule has 6 rings (SSSR count). The van der Waals surface area contributed by atoms with Gasteiger partial charge in [0.2, 0.25) is 11.8 Å². The molecule has 0 aromatic heterocycles. The van der Waals surface area contributed by atoms with Crippen LogP contribution in [0.5, 0.6) is 5.75 Å². The molecule has 10 heteroatoms. The second-order valence-corrected chi connectivity index (χ2v) is 12.2. The Morgan fingerprint density at radius 1 is 1.00 bits per heavy atom. The number of allylic oxidation sites excluding steroid dienone is 2. The average molecular weight is 586 g/mol. The molecule has 0 unspecified atom stereocenters. The van der Waals surface area contributed by atoms with Crippen molar-refractivity contribution in [3.8, 4) is 5.75 Å². The van der Waals surface area contributed by atoms with Crippen molar-refractivity contribution in [1.82, 2.24) is 4.90 Å². The Balaban J connectivity index is 1.51. The van der Waals surface area contributed by atoms with Crippen molar-refractivity contribution in [3.63, 3.8) is 0 Å². The van der Waals surface area contributed by atoms with E-state index in [-0.39, 0.29) is 35.1 Å². The molecule has 0 spiro atoms. The highest BCUT2D eigenvalue weighted by Crippen LogP contribution is 2.66. The van der Waals surface area contributed by atoms with Crippen LogP contribution in [0.4, 0.5) is 5.69 Å². The fourth-order valence-electron chi connectivity index (χ4n) is 6.86. The minimum Gasteiger partial charge on any atom is -0.508 e. The Bertz CT molecular complexity index is 1520. The SMILES string of the molecule is C=Cc1ccc(N2C(=O)[C@H]3[C@H](CC=C4[C@H]3C[C@@]3(Cl)C(=O)N(C)C(=O)[C@@]3(Cl)[C@H]4c3cc(Cl)ccc3O)C2=O)cc1. The highest BCUT2D eigenvalue weighted by atomic mass is 35.5. The number of phenolic OH excluding ortho intramolecular Hbond substituents is 1. The second-order valence-electron chi connectivity index (χ2n) is 10.5. The van der Waals surface area contributed by atoms with Gasteiger partial charge < -0.3 is 5.11 Å². The van der Waals surface area contributed by atoms with Crippen LogP contribution >= 0.6 is 34.8 Å². The summed E-state index contributed by atoms with van der Waals surface area (Å²) in [6.07, 6.45) is 3.57. The standard InChI is InChI=1S/C29H23Cl3N2O5/c1-3-14-4-7-16(8-5-14)34-24(36)18-10-9-17-20(22(18)25(34)37)13-28(31)26(38)33(2)27(39)29(28,32)23(17)19-12-15(30)6-11-21(19)35/h3-9,11-12,18,20,22-23,35H,1,10,13H2,2H3/t18-,20+,22-,23+,28+,29-/m0/s1. The van der Waals surface area contributed by atoms with Crippen LogP contribution in [0.25, 0.3) is 6.08 Å². The second kappa shape index (κ2) is 8.68. The van der Waals surface area contributed by atoms with E-state index in [4.69, 9.17) is 34.8 Å². The van der Waals surface area contributed by atoms with Gasteiger partial charge in [0, 0.05) is 23.6 Å². The van der Waals surface area contributed by atoms with E-state index in [0.29, 0.717) is 11.3 Å². The summed E-state index contributed by atoms with van der Waals surface area (Å²) in [5.74, 6) is -5.58. The van der Waals surface area contributed by atoms with Crippen LogP contribution in [-0.2, 0) is 19.2 Å². The van der Waals surface area contributed by atoms with Gasteiger partial charge in [-0.3, -0.25) is 29.0 Å². The maximum absolute atomic E-state index is 14.0. The number of alkyl halides is 2. The van der Waals surface area contributed by atoms with Crippen LogP contribution in [0.1, 0.15) is 29.9 Å². The number of halogens is 3. The zero-order valence-corrected chi connectivity index (χ0v) is 23.0. The van der Waals surface area contributed by atoms with Crippen molar-refractivity contribution >= 4 is 70.2 Å². The summed E-state index contributed by atoms with van der Waals surface area (Å²) in [5.41, 5.74) is 2.08. The van der Waals surface area contributed by atoms with E-state index >= 15 is 0 Å². The summed E-state index contributed by atoms with van der Waals surface area (Å²) in [5, 5.41) is 11.2. The monoisotopic (exact) mass is 584 g/mol. The first-order valence-electron chi connectivity index (χ1n) is 12.4. The Morgan fingerprint density at radius 2 is 1.69 bits per heavy atom. The van der Waals surface area contributed by atoms with Gasteiger partial charge in [-0.2, -0.15) is 0 Å². The van der Waals surface area contributed by atoms with E-state index in [1.54, 1.807) is 30.3 Å². The van der Waals surface area contributed by atoms with Crippen molar-refractivity contribution in [2.45, 2.75) is 28.5 Å². The van der Waals surface area contributed by atoms with Gasteiger partial charge in [0.25, 0.3) is 11.8 Å². The number of phenols is 1. The fourth-order valence-corrected chi connectivity index (χ4v) is 8.05. The summed E-state index contributed by atoms with van der Waals surface area (Å²) < 4.78 is 0. The van der Waals surface area contributed by atoms with Crippen LogP contribution in [-0.4, -0.2) is 50.4 Å². The molecule has 4 aliphatic rings. The Kier molecular flexibility index (Phi) is 5.81. The molecule has 2 saturated heterocycles. The molecule has 200 valence electrons. The molecular weight excluding hydrogens is 563 g/mol. The lowest BCUT2D eigenvalue weighted by molar-refractivity contribution is -0.138. The minimum atomic E-state index is -1.98. The molecule has 4 amide bonds. The summed E-state index contributed by atoms with van der Waals surface area (Å²) in [4.78, 5) is 52.8. The lowest BCUT2D eigenvalue weighted by Gasteiger charge is -2.50. The minimum absolute atomic E-state index is 0.125. The number of hydrogen-bond donors (Lipinski definition) is 1. The molecule has 6 atom stereocenters. The van der Waals surface area contributed by atoms with Gasteiger partial charge in [0.15, 0.2) is 9.75 Å². The zero-order chi connectivity index (χ0) is 28.0. The summed E-state index contributed by atoms with van der Waals surface area (Å²) >= 11 is 20.5. The zero-order valence-electron chi connectivity index (χ0n) is 20.7. The Labute approximate surface area is 239 Å². The van der Waals surface area contributed by atoms with Gasteiger partial charge in [-0.1, -0.05) is 48.0 Å². The van der Waals surface area contributed by atoms with Crippen LogP contribution < -0.4 is 4.90 Å². The number of benzene rings is 2. The van der Waals surface area contributed by atoms with Gasteiger partial charge in [-0.05, 0) is 54.7 Å². The molecule has 2 aliphatic carbocycles. The van der Waals surface area contributed by atoms with E-state index in [9.17, 15) is 24.3 Å². The Morgan fingerprint density at radius 3 is 2.36 bits per heavy atom. The molecule has 39 heavy (non-hydrogen) atoms. The topological polar surface area (TPSA) is 95.0 Å². The number of aromatic hydroxyl groups is 1. The predicted molar refractivity (Wildman–Crippen MR) is 148 cm³/mol. The van der Waals surface area contributed by atoms with E-state index < -0.39 is 51.1 Å². The molecule has 1 saturated carbocycles. The molecule has 0 radical (unpaired) electrons. The van der Waals surface area contributed by atoms with Crippen LogP contribution in [0.3, 0.4) is 0 Å². The number of carbonyl (C=O) groups excluding carboxylic acids is 4. The van der Waals surface area contributed by atoms with Gasteiger partial charge in [-0.25, -0.2) is 0 Å². The van der Waals surface area contributed by atoms with Gasteiger partial charge in [0.05, 0.1) is 17.5 Å². The number of anilines is 1. The quantitative estimate of drug-likeness (QED) is 0.315. The lowest BCUT2D eigenvalue weighted by Crippen LogP contribution is -2.60. The van der Waals surface area contributed by atoms with Crippen molar-refractivity contribution < 1.29 is 24.3 Å². The summed E-state index contributed by atoms with van der Waals surface area (Å²) in [6.45, 7) is 3.73. The third kappa shape index (κ3) is 3.30. The number of nitrogens with zero attached hydrogens (tertiary/aromatic N) is 2. The molecule has 2 heterocycles. The van der Waals surface area contributed by atoms with Gasteiger partial charge >= 0.3 is 0 Å².